The normalized spacial score (nSPS) is 16.3. The molecule has 2 amide bonds. The third-order valence-electron chi connectivity index (χ3n) is 5.94. The van der Waals surface area contributed by atoms with E-state index in [1.54, 1.807) is 11.0 Å². The van der Waals surface area contributed by atoms with Crippen LogP contribution in [0.15, 0.2) is 64.9 Å². The third kappa shape index (κ3) is 4.37. The molecule has 2 aliphatic heterocycles. The number of benzene rings is 2. The predicted octanol–water partition coefficient (Wildman–Crippen LogP) is 3.22. The lowest BCUT2D eigenvalue weighted by molar-refractivity contribution is 0.0730. The van der Waals surface area contributed by atoms with E-state index in [1.807, 2.05) is 29.6 Å². The van der Waals surface area contributed by atoms with Crippen molar-refractivity contribution in [1.82, 2.24) is 4.31 Å². The molecule has 0 atom stereocenters. The Kier molecular flexibility index (Phi) is 6.22. The Hall–Kier alpha value is -3.05. The molecule has 176 valence electrons. The summed E-state index contributed by atoms with van der Waals surface area (Å²) in [6, 6.07) is 15.1. The highest BCUT2D eigenvalue weighted by Crippen LogP contribution is 2.33. The molecule has 34 heavy (non-hydrogen) atoms. The van der Waals surface area contributed by atoms with Crippen molar-refractivity contribution in [2.45, 2.75) is 11.3 Å². The second-order valence-corrected chi connectivity index (χ2v) is 10.9. The number of anilines is 2. The van der Waals surface area contributed by atoms with Crippen LogP contribution in [0.3, 0.4) is 0 Å². The lowest BCUT2D eigenvalue weighted by Gasteiger charge is -2.26. The lowest BCUT2D eigenvalue weighted by atomic mass is 10.1. The fraction of sp³-hybridized carbons (Fsp3) is 0.250. The molecule has 2 aliphatic rings. The second kappa shape index (κ2) is 9.30. The van der Waals surface area contributed by atoms with Crippen molar-refractivity contribution in [2.24, 2.45) is 0 Å². The van der Waals surface area contributed by atoms with Gasteiger partial charge in [0.05, 0.1) is 23.0 Å². The van der Waals surface area contributed by atoms with Crippen molar-refractivity contribution < 1.29 is 22.7 Å². The molecular weight excluding hydrogens is 474 g/mol. The first kappa shape index (κ1) is 22.7. The molecule has 1 saturated heterocycles. The first-order chi connectivity index (χ1) is 16.4. The van der Waals surface area contributed by atoms with Crippen LogP contribution in [-0.4, -0.2) is 57.4 Å². The van der Waals surface area contributed by atoms with E-state index in [0.29, 0.717) is 49.0 Å². The van der Waals surface area contributed by atoms with E-state index in [2.05, 4.69) is 5.32 Å². The van der Waals surface area contributed by atoms with Crippen LogP contribution in [0.1, 0.15) is 25.6 Å². The summed E-state index contributed by atoms with van der Waals surface area (Å²) in [4.78, 5) is 28.2. The lowest BCUT2D eigenvalue weighted by Crippen LogP contribution is -2.40. The summed E-state index contributed by atoms with van der Waals surface area (Å²) in [5, 5.41) is 4.73. The Morgan fingerprint density at radius 3 is 2.44 bits per heavy atom. The third-order valence-corrected chi connectivity index (χ3v) is 8.71. The number of nitrogens with zero attached hydrogens (tertiary/aromatic N) is 2. The van der Waals surface area contributed by atoms with E-state index < -0.39 is 10.0 Å². The minimum Gasteiger partial charge on any atom is -0.379 e. The standard InChI is InChI=1S/C24H23N3O5S2/c28-23(18-4-7-20(8-5-18)34(30,31)26-11-13-32-14-12-26)25-19-6-3-17-9-10-27(21(17)16-19)24(29)22-2-1-15-33-22/h1-8,15-16H,9-14H2,(H,25,28). The largest absolute Gasteiger partial charge is 0.379 e. The number of fused-ring (bicyclic) bond motifs is 1. The number of sulfonamides is 1. The van der Waals surface area contributed by atoms with Crippen molar-refractivity contribution in [3.05, 3.63) is 76.0 Å². The molecule has 0 bridgehead atoms. The zero-order valence-electron chi connectivity index (χ0n) is 18.3. The van der Waals surface area contributed by atoms with Crippen molar-refractivity contribution >= 4 is 44.5 Å². The van der Waals surface area contributed by atoms with Gasteiger partial charge in [-0.3, -0.25) is 9.59 Å². The molecule has 5 rings (SSSR count). The predicted molar refractivity (Wildman–Crippen MR) is 130 cm³/mol. The fourth-order valence-electron chi connectivity index (χ4n) is 4.12. The van der Waals surface area contributed by atoms with Crippen LogP contribution in [0.25, 0.3) is 0 Å². The number of morpholine rings is 1. The molecule has 0 spiro atoms. The van der Waals surface area contributed by atoms with Gasteiger partial charge in [-0.15, -0.1) is 11.3 Å². The average molecular weight is 498 g/mol. The number of ether oxygens (including phenoxy) is 1. The minimum absolute atomic E-state index is 0.0470. The summed E-state index contributed by atoms with van der Waals surface area (Å²) in [5.74, 6) is -0.404. The summed E-state index contributed by atoms with van der Waals surface area (Å²) < 4.78 is 32.2. The van der Waals surface area contributed by atoms with E-state index in [1.165, 1.54) is 39.9 Å². The summed E-state index contributed by atoms with van der Waals surface area (Å²) in [6.07, 6.45) is 0.764. The van der Waals surface area contributed by atoms with Gasteiger partial charge in [0.2, 0.25) is 10.0 Å². The zero-order valence-corrected chi connectivity index (χ0v) is 19.9. The summed E-state index contributed by atoms with van der Waals surface area (Å²) in [6.45, 7) is 1.97. The second-order valence-electron chi connectivity index (χ2n) is 8.02. The summed E-state index contributed by atoms with van der Waals surface area (Å²) in [5.41, 5.74) is 2.76. The first-order valence-corrected chi connectivity index (χ1v) is 13.2. The Bertz CT molecular complexity index is 1320. The molecule has 10 heteroatoms. The Labute approximate surface area is 201 Å². The number of carbonyl (C=O) groups excluding carboxylic acids is 2. The number of carbonyl (C=O) groups is 2. The van der Waals surface area contributed by atoms with Crippen LogP contribution in [-0.2, 0) is 21.2 Å². The van der Waals surface area contributed by atoms with Crippen molar-refractivity contribution in [3.8, 4) is 0 Å². The van der Waals surface area contributed by atoms with Gasteiger partial charge in [0.15, 0.2) is 0 Å². The highest BCUT2D eigenvalue weighted by Gasteiger charge is 2.28. The molecular formula is C24H23N3O5S2. The van der Waals surface area contributed by atoms with Crippen LogP contribution in [0.4, 0.5) is 11.4 Å². The van der Waals surface area contributed by atoms with Gasteiger partial charge >= 0.3 is 0 Å². The summed E-state index contributed by atoms with van der Waals surface area (Å²) in [7, 11) is -3.62. The molecule has 0 saturated carbocycles. The molecule has 1 aromatic heterocycles. The van der Waals surface area contributed by atoms with E-state index in [0.717, 1.165) is 17.7 Å². The van der Waals surface area contributed by atoms with Gasteiger partial charge in [0.1, 0.15) is 0 Å². The maximum Gasteiger partial charge on any atom is 0.268 e. The quantitative estimate of drug-likeness (QED) is 0.584. The Morgan fingerprint density at radius 1 is 0.971 bits per heavy atom. The molecule has 8 nitrogen and oxygen atoms in total. The highest BCUT2D eigenvalue weighted by atomic mass is 32.2. The fourth-order valence-corrected chi connectivity index (χ4v) is 6.20. The van der Waals surface area contributed by atoms with Crippen molar-refractivity contribution in [3.63, 3.8) is 0 Å². The number of amides is 2. The molecule has 1 fully saturated rings. The highest BCUT2D eigenvalue weighted by molar-refractivity contribution is 7.89. The number of hydrogen-bond donors (Lipinski definition) is 1. The first-order valence-electron chi connectivity index (χ1n) is 10.9. The number of rotatable bonds is 5. The molecule has 1 N–H and O–H groups in total. The van der Waals surface area contributed by atoms with E-state index in [4.69, 9.17) is 4.74 Å². The molecule has 0 unspecified atom stereocenters. The molecule has 0 aliphatic carbocycles. The van der Waals surface area contributed by atoms with Crippen LogP contribution in [0, 0.1) is 0 Å². The SMILES string of the molecule is O=C(Nc1ccc2c(c1)N(C(=O)c1cccs1)CC2)c1ccc(S(=O)(=O)N2CCOCC2)cc1. The maximum atomic E-state index is 12.8. The van der Waals surface area contributed by atoms with Gasteiger partial charge in [0.25, 0.3) is 11.8 Å². The van der Waals surface area contributed by atoms with Gasteiger partial charge in [-0.1, -0.05) is 12.1 Å². The molecule has 3 heterocycles. The monoisotopic (exact) mass is 497 g/mol. The number of hydrogen-bond acceptors (Lipinski definition) is 6. The average Bonchev–Trinajstić information content (AvgIpc) is 3.55. The Morgan fingerprint density at radius 2 is 1.74 bits per heavy atom. The number of nitrogens with one attached hydrogen (secondary N) is 1. The molecule has 2 aromatic carbocycles. The number of thiophene rings is 1. The minimum atomic E-state index is -3.62. The van der Waals surface area contributed by atoms with Crippen LogP contribution < -0.4 is 10.2 Å². The molecule has 3 aromatic rings. The van der Waals surface area contributed by atoms with Crippen LogP contribution >= 0.6 is 11.3 Å². The smallest absolute Gasteiger partial charge is 0.268 e. The van der Waals surface area contributed by atoms with Gasteiger partial charge in [-0.25, -0.2) is 8.42 Å². The van der Waals surface area contributed by atoms with Crippen molar-refractivity contribution in [1.29, 1.82) is 0 Å². The van der Waals surface area contributed by atoms with E-state index in [9.17, 15) is 18.0 Å². The van der Waals surface area contributed by atoms with Gasteiger partial charge in [-0.2, -0.15) is 4.31 Å². The van der Waals surface area contributed by atoms with Crippen LogP contribution in [0.2, 0.25) is 0 Å². The van der Waals surface area contributed by atoms with Gasteiger partial charge in [0, 0.05) is 36.6 Å². The Balaban J connectivity index is 1.30. The van der Waals surface area contributed by atoms with Crippen LogP contribution in [0.5, 0.6) is 0 Å². The van der Waals surface area contributed by atoms with E-state index in [-0.39, 0.29) is 16.7 Å². The maximum absolute atomic E-state index is 12.8. The van der Waals surface area contributed by atoms with Gasteiger partial charge in [-0.05, 0) is 59.8 Å². The van der Waals surface area contributed by atoms with E-state index >= 15 is 0 Å². The van der Waals surface area contributed by atoms with Gasteiger partial charge < -0.3 is 15.0 Å². The molecule has 0 radical (unpaired) electrons. The summed E-state index contributed by atoms with van der Waals surface area (Å²) >= 11 is 1.40. The topological polar surface area (TPSA) is 96.0 Å². The zero-order chi connectivity index (χ0) is 23.7. The van der Waals surface area contributed by atoms with Crippen molar-refractivity contribution in [2.75, 3.05) is 43.1 Å².